The molecule has 0 heterocycles. The Labute approximate surface area is 69.0 Å². The van der Waals surface area contributed by atoms with Gasteiger partial charge >= 0.3 is 0 Å². The van der Waals surface area contributed by atoms with Crippen LogP contribution in [0.2, 0.25) is 0 Å². The van der Waals surface area contributed by atoms with Crippen LogP contribution in [0.1, 0.15) is 39.5 Å². The van der Waals surface area contributed by atoms with Crippen LogP contribution < -0.4 is 5.32 Å². The Bertz CT molecular complexity index is 106. The van der Waals surface area contributed by atoms with E-state index in [1.807, 2.05) is 0 Å². The summed E-state index contributed by atoms with van der Waals surface area (Å²) in [6.45, 7) is 4.09. The summed E-state index contributed by atoms with van der Waals surface area (Å²) in [7, 11) is 0. The molecule has 0 bridgehead atoms. The van der Waals surface area contributed by atoms with Crippen LogP contribution in [-0.2, 0) is 0 Å². The summed E-state index contributed by atoms with van der Waals surface area (Å²) < 4.78 is 0. The number of nitrogens with one attached hydrogen (secondary N) is 1. The van der Waals surface area contributed by atoms with E-state index < -0.39 is 0 Å². The minimum Gasteiger partial charge on any atom is -0.379 e. The Morgan fingerprint density at radius 3 is 2.27 bits per heavy atom. The molecule has 2 N–H and O–H groups in total. The van der Waals surface area contributed by atoms with Gasteiger partial charge in [-0.3, -0.25) is 5.32 Å². The smallest absolute Gasteiger partial charge is 0.102 e. The molecule has 1 aliphatic rings. The third kappa shape index (κ3) is 3.21. The lowest BCUT2D eigenvalue weighted by molar-refractivity contribution is 0.125. The van der Waals surface area contributed by atoms with Gasteiger partial charge in [0.05, 0.1) is 0 Å². The van der Waals surface area contributed by atoms with Crippen LogP contribution in [0.4, 0.5) is 0 Å². The lowest BCUT2D eigenvalue weighted by Crippen LogP contribution is -2.38. The van der Waals surface area contributed by atoms with Crippen molar-refractivity contribution in [3.8, 4) is 0 Å². The molecular weight excluding hydrogens is 138 g/mol. The third-order valence-electron chi connectivity index (χ3n) is 2.49. The first-order valence-electron chi connectivity index (χ1n) is 4.62. The zero-order valence-electron chi connectivity index (χ0n) is 7.51. The summed E-state index contributed by atoms with van der Waals surface area (Å²) in [5.74, 6) is 0.891. The maximum Gasteiger partial charge on any atom is 0.102 e. The van der Waals surface area contributed by atoms with E-state index in [9.17, 15) is 0 Å². The first kappa shape index (κ1) is 9.01. The first-order valence-corrected chi connectivity index (χ1v) is 4.62. The van der Waals surface area contributed by atoms with Gasteiger partial charge in [0.15, 0.2) is 0 Å². The molecule has 0 aromatic heterocycles. The molecule has 1 saturated carbocycles. The SMILES string of the molecule is CC1CCC(N[C@@H](C)O)CC1. The van der Waals surface area contributed by atoms with Gasteiger partial charge in [-0.25, -0.2) is 0 Å². The van der Waals surface area contributed by atoms with Gasteiger partial charge in [0.2, 0.25) is 0 Å². The molecule has 0 spiro atoms. The molecule has 1 aliphatic carbocycles. The number of aliphatic hydroxyl groups excluding tert-OH is 1. The van der Waals surface area contributed by atoms with Gasteiger partial charge in [0, 0.05) is 6.04 Å². The Kier molecular flexibility index (Phi) is 3.34. The average molecular weight is 157 g/mol. The van der Waals surface area contributed by atoms with Crippen LogP contribution in [0.25, 0.3) is 0 Å². The van der Waals surface area contributed by atoms with E-state index in [4.69, 9.17) is 5.11 Å². The Balaban J connectivity index is 2.17. The van der Waals surface area contributed by atoms with Gasteiger partial charge in [-0.1, -0.05) is 6.92 Å². The second-order valence-corrected chi connectivity index (χ2v) is 3.80. The molecule has 2 heteroatoms. The highest BCUT2D eigenvalue weighted by Gasteiger charge is 2.18. The van der Waals surface area contributed by atoms with Gasteiger partial charge in [-0.15, -0.1) is 0 Å². The summed E-state index contributed by atoms with van der Waals surface area (Å²) in [5, 5.41) is 12.2. The topological polar surface area (TPSA) is 32.3 Å². The van der Waals surface area contributed by atoms with Crippen molar-refractivity contribution in [3.05, 3.63) is 0 Å². The fourth-order valence-corrected chi connectivity index (χ4v) is 1.77. The summed E-state index contributed by atoms with van der Waals surface area (Å²) in [4.78, 5) is 0. The Morgan fingerprint density at radius 1 is 1.27 bits per heavy atom. The van der Waals surface area contributed by atoms with Gasteiger partial charge in [0.1, 0.15) is 6.23 Å². The fourth-order valence-electron chi connectivity index (χ4n) is 1.77. The summed E-state index contributed by atoms with van der Waals surface area (Å²) >= 11 is 0. The normalized spacial score (nSPS) is 35.2. The number of rotatable bonds is 2. The van der Waals surface area contributed by atoms with Crippen molar-refractivity contribution < 1.29 is 5.11 Å². The van der Waals surface area contributed by atoms with Crippen molar-refractivity contribution in [1.82, 2.24) is 5.32 Å². The van der Waals surface area contributed by atoms with Crippen LogP contribution in [-0.4, -0.2) is 17.4 Å². The van der Waals surface area contributed by atoms with Gasteiger partial charge in [-0.2, -0.15) is 0 Å². The van der Waals surface area contributed by atoms with E-state index in [2.05, 4.69) is 12.2 Å². The predicted octanol–water partition coefficient (Wildman–Crippen LogP) is 1.49. The van der Waals surface area contributed by atoms with Crippen LogP contribution in [0.5, 0.6) is 0 Å². The molecule has 0 aliphatic heterocycles. The lowest BCUT2D eigenvalue weighted by atomic mass is 9.87. The van der Waals surface area contributed by atoms with Crippen molar-refractivity contribution in [2.45, 2.75) is 51.8 Å². The van der Waals surface area contributed by atoms with E-state index in [1.54, 1.807) is 6.92 Å². The Hall–Kier alpha value is -0.0800. The highest BCUT2D eigenvalue weighted by Crippen LogP contribution is 2.23. The minimum atomic E-state index is -0.339. The number of aliphatic hydroxyl groups is 1. The van der Waals surface area contributed by atoms with Crippen LogP contribution in [0.3, 0.4) is 0 Å². The second-order valence-electron chi connectivity index (χ2n) is 3.80. The molecule has 2 nitrogen and oxygen atoms in total. The Morgan fingerprint density at radius 2 is 1.82 bits per heavy atom. The molecule has 1 fully saturated rings. The molecule has 0 radical (unpaired) electrons. The zero-order chi connectivity index (χ0) is 8.27. The van der Waals surface area contributed by atoms with Gasteiger partial charge < -0.3 is 5.11 Å². The van der Waals surface area contributed by atoms with Crippen molar-refractivity contribution in [2.75, 3.05) is 0 Å². The largest absolute Gasteiger partial charge is 0.379 e. The fraction of sp³-hybridized carbons (Fsp3) is 1.00. The molecule has 0 saturated heterocycles. The standard InChI is InChI=1S/C9H19NO/c1-7-3-5-9(6-4-7)10-8(2)11/h7-11H,3-6H2,1-2H3/t7?,8-,9?/m1/s1. The van der Waals surface area contributed by atoms with E-state index in [-0.39, 0.29) is 6.23 Å². The molecule has 1 rings (SSSR count). The predicted molar refractivity (Wildman–Crippen MR) is 46.2 cm³/mol. The van der Waals surface area contributed by atoms with Gasteiger partial charge in [-0.05, 0) is 38.5 Å². The van der Waals surface area contributed by atoms with Crippen LogP contribution in [0.15, 0.2) is 0 Å². The van der Waals surface area contributed by atoms with Crippen molar-refractivity contribution >= 4 is 0 Å². The average Bonchev–Trinajstić information content (AvgIpc) is 1.93. The summed E-state index contributed by atoms with van der Waals surface area (Å²) in [5.41, 5.74) is 0. The molecular formula is C9H19NO. The van der Waals surface area contributed by atoms with Crippen molar-refractivity contribution in [2.24, 2.45) is 5.92 Å². The summed E-state index contributed by atoms with van der Waals surface area (Å²) in [6, 6.07) is 0.561. The van der Waals surface area contributed by atoms with E-state index in [1.165, 1.54) is 25.7 Å². The number of hydrogen-bond acceptors (Lipinski definition) is 2. The maximum atomic E-state index is 9.06. The molecule has 0 aromatic carbocycles. The van der Waals surface area contributed by atoms with Crippen molar-refractivity contribution in [3.63, 3.8) is 0 Å². The molecule has 0 aromatic rings. The lowest BCUT2D eigenvalue weighted by Gasteiger charge is -2.27. The highest BCUT2D eigenvalue weighted by atomic mass is 16.3. The second kappa shape index (κ2) is 4.07. The monoisotopic (exact) mass is 157 g/mol. The molecule has 66 valence electrons. The zero-order valence-corrected chi connectivity index (χ0v) is 7.51. The van der Waals surface area contributed by atoms with Gasteiger partial charge in [0.25, 0.3) is 0 Å². The molecule has 11 heavy (non-hydrogen) atoms. The van der Waals surface area contributed by atoms with Crippen molar-refractivity contribution in [1.29, 1.82) is 0 Å². The van der Waals surface area contributed by atoms with E-state index in [0.29, 0.717) is 6.04 Å². The molecule has 1 atom stereocenters. The quantitative estimate of drug-likeness (QED) is 0.595. The minimum absolute atomic E-state index is 0.339. The van der Waals surface area contributed by atoms with Crippen LogP contribution in [0, 0.1) is 5.92 Å². The van der Waals surface area contributed by atoms with Crippen LogP contribution >= 0.6 is 0 Å². The maximum absolute atomic E-state index is 9.06. The van der Waals surface area contributed by atoms with E-state index >= 15 is 0 Å². The van der Waals surface area contributed by atoms with E-state index in [0.717, 1.165) is 5.92 Å². The molecule has 0 amide bonds. The summed E-state index contributed by atoms with van der Waals surface area (Å²) in [6.07, 6.45) is 4.74. The third-order valence-corrected chi connectivity index (χ3v) is 2.49. The first-order chi connectivity index (χ1) is 5.18. The number of hydrogen-bond donors (Lipinski definition) is 2. The molecule has 0 unspecified atom stereocenters. The highest BCUT2D eigenvalue weighted by molar-refractivity contribution is 4.75.